The SMILES string of the molecule is O=C(c1cccc(Br)c1)N(Cc1ccccc1)Cc1nc2ccccc2n1CC1CC1. The van der Waals surface area contributed by atoms with Gasteiger partial charge >= 0.3 is 0 Å². The third-order valence-electron chi connectivity index (χ3n) is 5.78. The van der Waals surface area contributed by atoms with Crippen molar-refractivity contribution in [3.8, 4) is 0 Å². The number of aromatic nitrogens is 2. The van der Waals surface area contributed by atoms with Crippen molar-refractivity contribution >= 4 is 32.9 Å². The van der Waals surface area contributed by atoms with Crippen LogP contribution in [0.4, 0.5) is 0 Å². The summed E-state index contributed by atoms with van der Waals surface area (Å²) in [6, 6.07) is 26.0. The molecule has 0 bridgehead atoms. The molecule has 1 aliphatic carbocycles. The van der Waals surface area contributed by atoms with E-state index in [4.69, 9.17) is 4.98 Å². The van der Waals surface area contributed by atoms with Crippen molar-refractivity contribution in [2.45, 2.75) is 32.5 Å². The van der Waals surface area contributed by atoms with E-state index in [1.54, 1.807) is 0 Å². The zero-order valence-corrected chi connectivity index (χ0v) is 18.8. The lowest BCUT2D eigenvalue weighted by molar-refractivity contribution is 0.0723. The molecule has 1 aromatic heterocycles. The molecule has 5 heteroatoms. The number of benzene rings is 3. The third-order valence-corrected chi connectivity index (χ3v) is 6.27. The van der Waals surface area contributed by atoms with Crippen molar-refractivity contribution in [2.75, 3.05) is 0 Å². The van der Waals surface area contributed by atoms with Gasteiger partial charge in [-0.3, -0.25) is 4.79 Å². The second kappa shape index (κ2) is 8.67. The molecule has 31 heavy (non-hydrogen) atoms. The summed E-state index contributed by atoms with van der Waals surface area (Å²) >= 11 is 3.50. The van der Waals surface area contributed by atoms with Gasteiger partial charge in [-0.1, -0.05) is 64.5 Å². The van der Waals surface area contributed by atoms with Gasteiger partial charge in [-0.05, 0) is 54.7 Å². The Kier molecular flexibility index (Phi) is 5.60. The first-order valence-electron chi connectivity index (χ1n) is 10.7. The molecule has 1 aliphatic rings. The van der Waals surface area contributed by atoms with Crippen LogP contribution in [0.2, 0.25) is 0 Å². The van der Waals surface area contributed by atoms with Gasteiger partial charge in [-0.2, -0.15) is 0 Å². The molecule has 156 valence electrons. The Morgan fingerprint density at radius 1 is 0.968 bits per heavy atom. The number of fused-ring (bicyclic) bond motifs is 1. The third kappa shape index (κ3) is 4.57. The van der Waals surface area contributed by atoms with Gasteiger partial charge in [0, 0.05) is 23.1 Å². The van der Waals surface area contributed by atoms with Gasteiger partial charge in [-0.15, -0.1) is 0 Å². The maximum absolute atomic E-state index is 13.5. The average Bonchev–Trinajstić information content (AvgIpc) is 3.55. The van der Waals surface area contributed by atoms with Crippen LogP contribution in [0.5, 0.6) is 0 Å². The molecule has 1 heterocycles. The molecule has 1 saturated carbocycles. The predicted octanol–water partition coefficient (Wildman–Crippen LogP) is 6.05. The summed E-state index contributed by atoms with van der Waals surface area (Å²) in [6.45, 7) is 1.99. The van der Waals surface area contributed by atoms with Crippen LogP contribution >= 0.6 is 15.9 Å². The number of halogens is 1. The molecule has 1 fully saturated rings. The summed E-state index contributed by atoms with van der Waals surface area (Å²) in [5, 5.41) is 0. The van der Waals surface area contributed by atoms with Gasteiger partial charge in [0.25, 0.3) is 5.91 Å². The van der Waals surface area contributed by atoms with Crippen molar-refractivity contribution in [3.05, 3.63) is 100 Å². The molecule has 0 radical (unpaired) electrons. The van der Waals surface area contributed by atoms with Gasteiger partial charge in [0.05, 0.1) is 17.6 Å². The van der Waals surface area contributed by atoms with E-state index in [9.17, 15) is 4.79 Å². The first-order valence-corrected chi connectivity index (χ1v) is 11.5. The molecule has 4 nitrogen and oxygen atoms in total. The van der Waals surface area contributed by atoms with Crippen LogP contribution in [0, 0.1) is 5.92 Å². The van der Waals surface area contributed by atoms with Gasteiger partial charge in [0.15, 0.2) is 0 Å². The highest BCUT2D eigenvalue weighted by Gasteiger charge is 2.26. The van der Waals surface area contributed by atoms with Gasteiger partial charge < -0.3 is 9.47 Å². The molecule has 4 aromatic rings. The molecule has 0 spiro atoms. The minimum atomic E-state index is 0.00943. The topological polar surface area (TPSA) is 38.1 Å². The van der Waals surface area contributed by atoms with E-state index in [1.807, 2.05) is 53.4 Å². The van der Waals surface area contributed by atoms with Crippen LogP contribution in [0.25, 0.3) is 11.0 Å². The molecule has 0 aliphatic heterocycles. The number of rotatable bonds is 7. The van der Waals surface area contributed by atoms with Crippen molar-refractivity contribution in [3.63, 3.8) is 0 Å². The monoisotopic (exact) mass is 473 g/mol. The molecular weight excluding hydrogens is 450 g/mol. The molecule has 0 saturated heterocycles. The lowest BCUT2D eigenvalue weighted by atomic mass is 10.1. The second-order valence-corrected chi connectivity index (χ2v) is 9.14. The van der Waals surface area contributed by atoms with E-state index in [-0.39, 0.29) is 5.91 Å². The van der Waals surface area contributed by atoms with Crippen molar-refractivity contribution in [1.29, 1.82) is 0 Å². The molecule has 5 rings (SSSR count). The van der Waals surface area contributed by atoms with E-state index in [0.29, 0.717) is 18.7 Å². The van der Waals surface area contributed by atoms with Crippen molar-refractivity contribution in [2.24, 2.45) is 5.92 Å². The Morgan fingerprint density at radius 3 is 2.52 bits per heavy atom. The molecular formula is C26H24BrN3O. The highest BCUT2D eigenvalue weighted by Crippen LogP contribution is 2.33. The van der Waals surface area contributed by atoms with E-state index in [1.165, 1.54) is 12.8 Å². The Morgan fingerprint density at radius 2 is 1.74 bits per heavy atom. The maximum Gasteiger partial charge on any atom is 0.254 e. The number of carbonyl (C=O) groups is 1. The van der Waals surface area contributed by atoms with Gasteiger partial charge in [-0.25, -0.2) is 4.98 Å². The molecule has 3 aromatic carbocycles. The smallest absolute Gasteiger partial charge is 0.254 e. The van der Waals surface area contributed by atoms with Crippen LogP contribution in [0.3, 0.4) is 0 Å². The van der Waals surface area contributed by atoms with Crippen LogP contribution in [-0.2, 0) is 19.6 Å². The van der Waals surface area contributed by atoms with E-state index >= 15 is 0 Å². The van der Waals surface area contributed by atoms with Crippen molar-refractivity contribution < 1.29 is 4.79 Å². The average molecular weight is 474 g/mol. The summed E-state index contributed by atoms with van der Waals surface area (Å²) in [5.41, 5.74) is 3.93. The fourth-order valence-corrected chi connectivity index (χ4v) is 4.39. The van der Waals surface area contributed by atoms with Crippen LogP contribution in [0.1, 0.15) is 34.6 Å². The van der Waals surface area contributed by atoms with Gasteiger partial charge in [0.1, 0.15) is 5.82 Å². The fraction of sp³-hybridized carbons (Fsp3) is 0.231. The highest BCUT2D eigenvalue weighted by atomic mass is 79.9. The first-order chi connectivity index (χ1) is 15.2. The molecule has 1 amide bonds. The summed E-state index contributed by atoms with van der Waals surface area (Å²) in [5.74, 6) is 1.68. The number of amides is 1. The highest BCUT2D eigenvalue weighted by molar-refractivity contribution is 9.10. The fourth-order valence-electron chi connectivity index (χ4n) is 3.99. The molecule has 0 N–H and O–H groups in total. The number of imidazole rings is 1. The van der Waals surface area contributed by atoms with Crippen LogP contribution in [0.15, 0.2) is 83.3 Å². The normalized spacial score (nSPS) is 13.5. The first kappa shape index (κ1) is 20.0. The Labute approximate surface area is 190 Å². The van der Waals surface area contributed by atoms with E-state index in [2.05, 4.69) is 50.8 Å². The minimum absolute atomic E-state index is 0.00943. The van der Waals surface area contributed by atoms with E-state index in [0.717, 1.165) is 39.4 Å². The largest absolute Gasteiger partial charge is 0.327 e. The molecule has 0 unspecified atom stereocenters. The molecule has 0 atom stereocenters. The van der Waals surface area contributed by atoms with Crippen LogP contribution < -0.4 is 0 Å². The van der Waals surface area contributed by atoms with Gasteiger partial charge in [0.2, 0.25) is 0 Å². The number of hydrogen-bond acceptors (Lipinski definition) is 2. The Hall–Kier alpha value is -2.92. The summed E-state index contributed by atoms with van der Waals surface area (Å²) in [7, 11) is 0. The lowest BCUT2D eigenvalue weighted by Gasteiger charge is -2.23. The Balaban J connectivity index is 1.51. The maximum atomic E-state index is 13.5. The van der Waals surface area contributed by atoms with Crippen LogP contribution in [-0.4, -0.2) is 20.4 Å². The van der Waals surface area contributed by atoms with E-state index < -0.39 is 0 Å². The lowest BCUT2D eigenvalue weighted by Crippen LogP contribution is -2.31. The minimum Gasteiger partial charge on any atom is -0.327 e. The summed E-state index contributed by atoms with van der Waals surface area (Å²) in [4.78, 5) is 20.4. The number of nitrogens with zero attached hydrogens (tertiary/aromatic N) is 3. The number of carbonyl (C=O) groups excluding carboxylic acids is 1. The second-order valence-electron chi connectivity index (χ2n) is 8.23. The zero-order valence-electron chi connectivity index (χ0n) is 17.2. The standard InChI is InChI=1S/C26H24BrN3O/c27-22-10-6-9-21(15-22)26(31)29(16-19-7-2-1-3-8-19)18-25-28-23-11-4-5-12-24(23)30(25)17-20-13-14-20/h1-12,15,20H,13-14,16-18H2. The quantitative estimate of drug-likeness (QED) is 0.327. The number of para-hydroxylation sites is 2. The summed E-state index contributed by atoms with van der Waals surface area (Å²) in [6.07, 6.45) is 2.55. The Bertz CT molecular complexity index is 1210. The zero-order chi connectivity index (χ0) is 21.2. The number of hydrogen-bond donors (Lipinski definition) is 0. The summed E-state index contributed by atoms with van der Waals surface area (Å²) < 4.78 is 3.22. The predicted molar refractivity (Wildman–Crippen MR) is 127 cm³/mol. The van der Waals surface area contributed by atoms with Crippen molar-refractivity contribution in [1.82, 2.24) is 14.5 Å².